The van der Waals surface area contributed by atoms with Crippen LogP contribution in [0.4, 0.5) is 0 Å². The van der Waals surface area contributed by atoms with Crippen molar-refractivity contribution < 1.29 is 9.59 Å². The maximum atomic E-state index is 13.0. The summed E-state index contributed by atoms with van der Waals surface area (Å²) in [7, 11) is 3.46. The minimum atomic E-state index is -0.0850. The molecule has 0 radical (unpaired) electrons. The van der Waals surface area contributed by atoms with E-state index in [1.165, 1.54) is 16.9 Å². The Balaban J connectivity index is 1.75. The summed E-state index contributed by atoms with van der Waals surface area (Å²) in [6.07, 6.45) is 0. The molecule has 1 aromatic heterocycles. The summed E-state index contributed by atoms with van der Waals surface area (Å²) in [6, 6.07) is 13.7. The molecule has 0 aliphatic rings. The van der Waals surface area contributed by atoms with Crippen molar-refractivity contribution in [3.63, 3.8) is 0 Å². The third kappa shape index (κ3) is 4.76. The third-order valence-corrected chi connectivity index (χ3v) is 5.86. The van der Waals surface area contributed by atoms with E-state index < -0.39 is 0 Å². The number of thiazole rings is 1. The summed E-state index contributed by atoms with van der Waals surface area (Å²) in [5.74, 6) is -0.121. The van der Waals surface area contributed by atoms with Gasteiger partial charge in [0.15, 0.2) is 0 Å². The van der Waals surface area contributed by atoms with E-state index in [1.54, 1.807) is 36.0 Å². The van der Waals surface area contributed by atoms with Crippen LogP contribution in [0.25, 0.3) is 10.6 Å². The number of amides is 2. The summed E-state index contributed by atoms with van der Waals surface area (Å²) in [4.78, 5) is 33.0. The Hall–Kier alpha value is -2.99. The number of nitrogens with zero attached hydrogens (tertiary/aromatic N) is 3. The van der Waals surface area contributed by atoms with Gasteiger partial charge in [0, 0.05) is 43.7 Å². The van der Waals surface area contributed by atoms with Crippen LogP contribution in [0.3, 0.4) is 0 Å². The van der Waals surface area contributed by atoms with Gasteiger partial charge in [-0.05, 0) is 44.0 Å². The largest absolute Gasteiger partial charge is 0.345 e. The van der Waals surface area contributed by atoms with Crippen molar-refractivity contribution in [2.24, 2.45) is 0 Å². The monoisotopic (exact) mass is 421 g/mol. The van der Waals surface area contributed by atoms with Crippen LogP contribution in [-0.4, -0.2) is 47.2 Å². The number of hydrogen-bond acceptors (Lipinski definition) is 4. The van der Waals surface area contributed by atoms with Gasteiger partial charge in [0.25, 0.3) is 11.8 Å². The van der Waals surface area contributed by atoms with Gasteiger partial charge in [-0.1, -0.05) is 35.9 Å². The minimum Gasteiger partial charge on any atom is -0.345 e. The predicted octanol–water partition coefficient (Wildman–Crippen LogP) is 4.79. The maximum Gasteiger partial charge on any atom is 0.273 e. The van der Waals surface area contributed by atoms with Gasteiger partial charge in [-0.3, -0.25) is 9.59 Å². The SMILES string of the molecule is CCN(Cc1ccc(C(=O)N(C)C)cc1)C(=O)c1csc(-c2ccc(C)cc2C)n1. The number of aromatic nitrogens is 1. The lowest BCUT2D eigenvalue weighted by Crippen LogP contribution is -2.30. The molecule has 0 bridgehead atoms. The molecule has 3 rings (SSSR count). The van der Waals surface area contributed by atoms with Gasteiger partial charge in [-0.2, -0.15) is 0 Å². The molecule has 30 heavy (non-hydrogen) atoms. The van der Waals surface area contributed by atoms with Crippen molar-refractivity contribution in [3.8, 4) is 10.6 Å². The van der Waals surface area contributed by atoms with E-state index in [4.69, 9.17) is 0 Å². The number of hydrogen-bond donors (Lipinski definition) is 0. The Morgan fingerprint density at radius 3 is 2.30 bits per heavy atom. The molecular formula is C24H27N3O2S. The lowest BCUT2D eigenvalue weighted by atomic mass is 10.1. The second kappa shape index (κ2) is 9.22. The first-order valence-electron chi connectivity index (χ1n) is 9.93. The Kier molecular flexibility index (Phi) is 6.67. The lowest BCUT2D eigenvalue weighted by Gasteiger charge is -2.20. The van der Waals surface area contributed by atoms with Crippen molar-refractivity contribution in [1.29, 1.82) is 0 Å². The van der Waals surface area contributed by atoms with Crippen molar-refractivity contribution >= 4 is 23.2 Å². The van der Waals surface area contributed by atoms with Gasteiger partial charge in [-0.25, -0.2) is 4.98 Å². The molecule has 0 saturated heterocycles. The molecule has 0 unspecified atom stereocenters. The third-order valence-electron chi connectivity index (χ3n) is 4.99. The quantitative estimate of drug-likeness (QED) is 0.575. The van der Waals surface area contributed by atoms with E-state index in [0.717, 1.165) is 21.7 Å². The molecule has 6 heteroatoms. The van der Waals surface area contributed by atoms with Crippen LogP contribution in [0.5, 0.6) is 0 Å². The zero-order chi connectivity index (χ0) is 21.8. The summed E-state index contributed by atoms with van der Waals surface area (Å²) >= 11 is 1.49. The Morgan fingerprint density at radius 2 is 1.70 bits per heavy atom. The average molecular weight is 422 g/mol. The number of carbonyl (C=O) groups excluding carboxylic acids is 2. The van der Waals surface area contributed by atoms with Gasteiger partial charge in [0.05, 0.1) is 0 Å². The zero-order valence-corrected chi connectivity index (χ0v) is 18.9. The van der Waals surface area contributed by atoms with Gasteiger partial charge < -0.3 is 9.80 Å². The van der Waals surface area contributed by atoms with Crippen molar-refractivity contribution in [2.75, 3.05) is 20.6 Å². The van der Waals surface area contributed by atoms with Crippen molar-refractivity contribution in [1.82, 2.24) is 14.8 Å². The van der Waals surface area contributed by atoms with Crippen LogP contribution in [0.2, 0.25) is 0 Å². The maximum absolute atomic E-state index is 13.0. The highest BCUT2D eigenvalue weighted by molar-refractivity contribution is 7.13. The highest BCUT2D eigenvalue weighted by Crippen LogP contribution is 2.28. The summed E-state index contributed by atoms with van der Waals surface area (Å²) in [5.41, 5.74) is 5.51. The summed E-state index contributed by atoms with van der Waals surface area (Å²) < 4.78 is 0. The smallest absolute Gasteiger partial charge is 0.273 e. The summed E-state index contributed by atoms with van der Waals surface area (Å²) in [5, 5.41) is 2.69. The van der Waals surface area contributed by atoms with Crippen molar-refractivity contribution in [3.05, 3.63) is 75.8 Å². The fourth-order valence-electron chi connectivity index (χ4n) is 3.27. The molecule has 156 valence electrons. The fraction of sp³-hybridized carbons (Fsp3) is 0.292. The Labute approximate surface area is 182 Å². The molecule has 3 aromatic rings. The van der Waals surface area contributed by atoms with Crippen molar-refractivity contribution in [2.45, 2.75) is 27.3 Å². The van der Waals surface area contributed by atoms with Gasteiger partial charge in [-0.15, -0.1) is 11.3 Å². The van der Waals surface area contributed by atoms with Gasteiger partial charge in [0.2, 0.25) is 0 Å². The van der Waals surface area contributed by atoms with E-state index in [9.17, 15) is 9.59 Å². The predicted molar refractivity (Wildman–Crippen MR) is 122 cm³/mol. The molecule has 0 aliphatic heterocycles. The first kappa shape index (κ1) is 21.7. The normalized spacial score (nSPS) is 10.7. The zero-order valence-electron chi connectivity index (χ0n) is 18.1. The number of rotatable bonds is 6. The second-order valence-electron chi connectivity index (χ2n) is 7.57. The highest BCUT2D eigenvalue weighted by Gasteiger charge is 2.19. The van der Waals surface area contributed by atoms with E-state index in [2.05, 4.69) is 37.0 Å². The van der Waals surface area contributed by atoms with Crippen LogP contribution in [0, 0.1) is 13.8 Å². The van der Waals surface area contributed by atoms with Crippen LogP contribution >= 0.6 is 11.3 Å². The minimum absolute atomic E-state index is 0.0358. The fourth-order valence-corrected chi connectivity index (χ4v) is 4.15. The molecule has 2 amide bonds. The van der Waals surface area contributed by atoms with Crippen LogP contribution in [-0.2, 0) is 6.54 Å². The van der Waals surface area contributed by atoms with Crippen LogP contribution < -0.4 is 0 Å². The first-order valence-corrected chi connectivity index (χ1v) is 10.8. The molecule has 2 aromatic carbocycles. The van der Waals surface area contributed by atoms with E-state index in [-0.39, 0.29) is 11.8 Å². The molecular weight excluding hydrogens is 394 g/mol. The first-order chi connectivity index (χ1) is 14.3. The molecule has 5 nitrogen and oxygen atoms in total. The average Bonchev–Trinajstić information content (AvgIpc) is 3.21. The van der Waals surface area contributed by atoms with Crippen LogP contribution in [0.15, 0.2) is 47.8 Å². The number of benzene rings is 2. The number of aryl methyl sites for hydroxylation is 2. The number of carbonyl (C=O) groups is 2. The molecule has 0 N–H and O–H groups in total. The van der Waals surface area contributed by atoms with E-state index in [1.807, 2.05) is 24.4 Å². The molecule has 0 fully saturated rings. The lowest BCUT2D eigenvalue weighted by molar-refractivity contribution is 0.0746. The summed E-state index contributed by atoms with van der Waals surface area (Å²) in [6.45, 7) is 7.14. The van der Waals surface area contributed by atoms with E-state index >= 15 is 0 Å². The molecule has 0 atom stereocenters. The van der Waals surface area contributed by atoms with E-state index in [0.29, 0.717) is 24.3 Å². The topological polar surface area (TPSA) is 53.5 Å². The highest BCUT2D eigenvalue weighted by atomic mass is 32.1. The molecule has 0 spiro atoms. The van der Waals surface area contributed by atoms with Crippen LogP contribution in [0.1, 0.15) is 44.5 Å². The van der Waals surface area contributed by atoms with Gasteiger partial charge >= 0.3 is 0 Å². The Morgan fingerprint density at radius 1 is 1.00 bits per heavy atom. The standard InChI is InChI=1S/C24H27N3O2S/c1-6-27(14-18-8-10-19(11-9-18)23(28)26(4)5)24(29)21-15-30-22(25-21)20-12-7-16(2)13-17(20)3/h7-13,15H,6,14H2,1-5H3. The molecule has 0 saturated carbocycles. The molecule has 0 aliphatic carbocycles. The second-order valence-corrected chi connectivity index (χ2v) is 8.43. The molecule has 1 heterocycles. The van der Waals surface area contributed by atoms with Gasteiger partial charge in [0.1, 0.15) is 10.7 Å². The Bertz CT molecular complexity index is 1050.